The van der Waals surface area contributed by atoms with Crippen LogP contribution in [-0.2, 0) is 11.8 Å². The van der Waals surface area contributed by atoms with Crippen LogP contribution >= 0.6 is 0 Å². The molecular formula is C17H28O. The van der Waals surface area contributed by atoms with Crippen molar-refractivity contribution in [1.29, 1.82) is 0 Å². The number of hydrogen-bond acceptors (Lipinski definition) is 1. The highest BCUT2D eigenvalue weighted by Gasteiger charge is 2.18. The summed E-state index contributed by atoms with van der Waals surface area (Å²) in [7, 11) is 0. The second-order valence-electron chi connectivity index (χ2n) is 6.85. The predicted molar refractivity (Wildman–Crippen MR) is 79.2 cm³/mol. The maximum Gasteiger partial charge on any atom is 0.0603 e. The number of rotatable bonds is 3. The summed E-state index contributed by atoms with van der Waals surface area (Å²) >= 11 is 0. The van der Waals surface area contributed by atoms with Gasteiger partial charge in [0.25, 0.3) is 0 Å². The van der Waals surface area contributed by atoms with Crippen molar-refractivity contribution in [2.24, 2.45) is 5.92 Å². The van der Waals surface area contributed by atoms with Gasteiger partial charge >= 0.3 is 0 Å². The van der Waals surface area contributed by atoms with Gasteiger partial charge in [-0.25, -0.2) is 0 Å². The summed E-state index contributed by atoms with van der Waals surface area (Å²) in [6, 6.07) is 4.55. The van der Waals surface area contributed by atoms with Gasteiger partial charge in [0.15, 0.2) is 0 Å². The second kappa shape index (κ2) is 5.44. The summed E-state index contributed by atoms with van der Waals surface area (Å²) in [5.74, 6) is 0.311. The zero-order chi connectivity index (χ0) is 14.1. The lowest BCUT2D eigenvalue weighted by atomic mass is 9.82. The molecular weight excluding hydrogens is 220 g/mol. The van der Waals surface area contributed by atoms with Gasteiger partial charge < -0.3 is 5.11 Å². The van der Waals surface area contributed by atoms with Crippen LogP contribution in [0.25, 0.3) is 0 Å². The molecule has 0 aliphatic rings. The highest BCUT2D eigenvalue weighted by atomic mass is 16.3. The molecule has 0 aromatic heterocycles. The largest absolute Gasteiger partial charge is 0.393 e. The van der Waals surface area contributed by atoms with E-state index < -0.39 is 0 Å². The van der Waals surface area contributed by atoms with Crippen molar-refractivity contribution in [1.82, 2.24) is 0 Å². The van der Waals surface area contributed by atoms with E-state index in [1.165, 1.54) is 22.3 Å². The van der Waals surface area contributed by atoms with E-state index in [0.29, 0.717) is 5.92 Å². The van der Waals surface area contributed by atoms with Crippen LogP contribution in [-0.4, -0.2) is 11.2 Å². The molecule has 1 nitrogen and oxygen atoms in total. The van der Waals surface area contributed by atoms with Crippen LogP contribution in [0.15, 0.2) is 12.1 Å². The lowest BCUT2D eigenvalue weighted by Gasteiger charge is -2.24. The van der Waals surface area contributed by atoms with E-state index in [1.54, 1.807) is 0 Å². The van der Waals surface area contributed by atoms with E-state index in [9.17, 15) is 5.11 Å². The van der Waals surface area contributed by atoms with Crippen LogP contribution in [0.4, 0.5) is 0 Å². The van der Waals surface area contributed by atoms with Crippen LogP contribution < -0.4 is 0 Å². The molecule has 1 unspecified atom stereocenters. The maximum atomic E-state index is 10.1. The molecule has 102 valence electrons. The Morgan fingerprint density at radius 1 is 1.06 bits per heavy atom. The summed E-state index contributed by atoms with van der Waals surface area (Å²) < 4.78 is 0. The van der Waals surface area contributed by atoms with E-state index in [0.717, 1.165) is 6.42 Å². The summed E-state index contributed by atoms with van der Waals surface area (Å²) in [6.45, 7) is 15.2. The van der Waals surface area contributed by atoms with Crippen molar-refractivity contribution in [2.75, 3.05) is 0 Å². The number of benzene rings is 1. The predicted octanol–water partition coefficient (Wildman–Crippen LogP) is 4.16. The zero-order valence-corrected chi connectivity index (χ0v) is 13.0. The van der Waals surface area contributed by atoms with E-state index in [-0.39, 0.29) is 11.5 Å². The molecule has 1 N–H and O–H groups in total. The van der Waals surface area contributed by atoms with E-state index in [4.69, 9.17) is 0 Å². The van der Waals surface area contributed by atoms with Gasteiger partial charge in [-0.05, 0) is 53.9 Å². The van der Waals surface area contributed by atoms with Crippen LogP contribution in [0.3, 0.4) is 0 Å². The minimum absolute atomic E-state index is 0.185. The molecule has 0 heterocycles. The molecule has 1 aromatic rings. The molecule has 0 radical (unpaired) electrons. The third-order valence-electron chi connectivity index (χ3n) is 3.74. The molecule has 18 heavy (non-hydrogen) atoms. The van der Waals surface area contributed by atoms with Crippen molar-refractivity contribution >= 4 is 0 Å². The minimum atomic E-state index is -0.247. The zero-order valence-electron chi connectivity index (χ0n) is 13.0. The smallest absolute Gasteiger partial charge is 0.0603 e. The molecule has 1 rings (SSSR count). The van der Waals surface area contributed by atoms with Crippen LogP contribution in [0.2, 0.25) is 0 Å². The Bertz CT molecular complexity index is 387. The Hall–Kier alpha value is -0.820. The Labute approximate surface area is 112 Å². The van der Waals surface area contributed by atoms with Crippen molar-refractivity contribution in [2.45, 2.75) is 66.4 Å². The van der Waals surface area contributed by atoms with Gasteiger partial charge in [-0.1, -0.05) is 46.8 Å². The molecule has 0 aliphatic heterocycles. The van der Waals surface area contributed by atoms with E-state index in [2.05, 4.69) is 60.6 Å². The van der Waals surface area contributed by atoms with Crippen LogP contribution in [0, 0.1) is 19.8 Å². The number of aryl methyl sites for hydroxylation is 2. The van der Waals surface area contributed by atoms with Crippen molar-refractivity contribution in [3.05, 3.63) is 34.4 Å². The Kier molecular flexibility index (Phi) is 4.61. The molecule has 1 heteroatoms. The SMILES string of the molecule is Cc1cc(C(C)(C)C)cc(C)c1CC(O)C(C)C. The fourth-order valence-electron chi connectivity index (χ4n) is 2.19. The molecule has 0 amide bonds. The maximum absolute atomic E-state index is 10.1. The van der Waals surface area contributed by atoms with Gasteiger partial charge in [-0.3, -0.25) is 0 Å². The van der Waals surface area contributed by atoms with Gasteiger partial charge in [-0.2, -0.15) is 0 Å². The second-order valence-corrected chi connectivity index (χ2v) is 6.85. The first kappa shape index (κ1) is 15.2. The molecule has 0 aliphatic carbocycles. The number of aliphatic hydroxyl groups is 1. The Morgan fingerprint density at radius 3 is 1.83 bits per heavy atom. The van der Waals surface area contributed by atoms with Gasteiger partial charge in [0, 0.05) is 0 Å². The Morgan fingerprint density at radius 2 is 1.50 bits per heavy atom. The molecule has 0 bridgehead atoms. The first-order valence-electron chi connectivity index (χ1n) is 6.91. The quantitative estimate of drug-likeness (QED) is 0.851. The van der Waals surface area contributed by atoms with E-state index >= 15 is 0 Å². The molecule has 0 saturated carbocycles. The average Bonchev–Trinajstić information content (AvgIpc) is 2.21. The normalized spacial score (nSPS) is 14.1. The van der Waals surface area contributed by atoms with Crippen molar-refractivity contribution in [3.8, 4) is 0 Å². The van der Waals surface area contributed by atoms with Gasteiger partial charge in [0.2, 0.25) is 0 Å². The third kappa shape index (κ3) is 3.58. The van der Waals surface area contributed by atoms with Crippen molar-refractivity contribution < 1.29 is 5.11 Å². The molecule has 0 fully saturated rings. The van der Waals surface area contributed by atoms with Gasteiger partial charge in [0.05, 0.1) is 6.10 Å². The topological polar surface area (TPSA) is 20.2 Å². The first-order valence-corrected chi connectivity index (χ1v) is 6.91. The minimum Gasteiger partial charge on any atom is -0.393 e. The standard InChI is InChI=1S/C17H28O/c1-11(2)16(18)10-15-12(3)8-14(9-13(15)4)17(5,6)7/h8-9,11,16,18H,10H2,1-7H3. The number of hydrogen-bond donors (Lipinski definition) is 1. The average molecular weight is 248 g/mol. The lowest BCUT2D eigenvalue weighted by molar-refractivity contribution is 0.125. The Balaban J connectivity index is 3.10. The summed E-state index contributed by atoms with van der Waals surface area (Å²) in [5.41, 5.74) is 5.48. The highest BCUT2D eigenvalue weighted by molar-refractivity contribution is 5.40. The van der Waals surface area contributed by atoms with Gasteiger partial charge in [-0.15, -0.1) is 0 Å². The summed E-state index contributed by atoms with van der Waals surface area (Å²) in [5, 5.41) is 10.1. The first-order chi connectivity index (χ1) is 8.12. The van der Waals surface area contributed by atoms with E-state index in [1.807, 2.05) is 0 Å². The molecule has 1 aromatic carbocycles. The molecule has 0 spiro atoms. The van der Waals surface area contributed by atoms with Crippen LogP contribution in [0.1, 0.15) is 56.9 Å². The van der Waals surface area contributed by atoms with Crippen LogP contribution in [0.5, 0.6) is 0 Å². The fraction of sp³-hybridized carbons (Fsp3) is 0.647. The van der Waals surface area contributed by atoms with Crippen molar-refractivity contribution in [3.63, 3.8) is 0 Å². The lowest BCUT2D eigenvalue weighted by Crippen LogP contribution is -2.20. The highest BCUT2D eigenvalue weighted by Crippen LogP contribution is 2.28. The molecule has 0 saturated heterocycles. The monoisotopic (exact) mass is 248 g/mol. The number of aliphatic hydroxyl groups excluding tert-OH is 1. The fourth-order valence-corrected chi connectivity index (χ4v) is 2.19. The molecule has 1 atom stereocenters. The summed E-state index contributed by atoms with van der Waals surface area (Å²) in [4.78, 5) is 0. The third-order valence-corrected chi connectivity index (χ3v) is 3.74. The van der Waals surface area contributed by atoms with Gasteiger partial charge in [0.1, 0.15) is 0 Å². The summed E-state index contributed by atoms with van der Waals surface area (Å²) in [6.07, 6.45) is 0.516.